The number of likely N-dealkylation sites (tertiary alicyclic amines) is 1. The first kappa shape index (κ1) is 22.3. The molecule has 166 valence electrons. The third-order valence-electron chi connectivity index (χ3n) is 5.55. The van der Waals surface area contributed by atoms with Crippen molar-refractivity contribution < 1.29 is 14.3 Å². The molecule has 8 nitrogen and oxygen atoms in total. The Hall–Kier alpha value is -2.38. The summed E-state index contributed by atoms with van der Waals surface area (Å²) in [5.41, 5.74) is 1.39. The van der Waals surface area contributed by atoms with Crippen LogP contribution in [0.3, 0.4) is 0 Å². The Bertz CT molecular complexity index is 748. The number of piperidine rings is 2. The zero-order valence-corrected chi connectivity index (χ0v) is 18.9. The normalized spacial score (nSPS) is 20.8. The van der Waals surface area contributed by atoms with Gasteiger partial charge in [0, 0.05) is 43.6 Å². The van der Waals surface area contributed by atoms with Crippen LogP contribution >= 0.6 is 0 Å². The highest BCUT2D eigenvalue weighted by Crippen LogP contribution is 2.24. The van der Waals surface area contributed by atoms with E-state index < -0.39 is 5.60 Å². The summed E-state index contributed by atoms with van der Waals surface area (Å²) in [7, 11) is 0. The fourth-order valence-corrected chi connectivity index (χ4v) is 4.19. The SMILES string of the molecule is Cc1cc(C)nc(N2CCCC(C(=O)N3CCC(NC(=O)OC(C)(C)C)CC3)C2)n1. The van der Waals surface area contributed by atoms with E-state index >= 15 is 0 Å². The fraction of sp³-hybridized carbons (Fsp3) is 0.727. The van der Waals surface area contributed by atoms with Gasteiger partial charge < -0.3 is 19.9 Å². The van der Waals surface area contributed by atoms with E-state index in [2.05, 4.69) is 20.2 Å². The third kappa shape index (κ3) is 6.06. The largest absolute Gasteiger partial charge is 0.444 e. The van der Waals surface area contributed by atoms with Crippen molar-refractivity contribution in [3.05, 3.63) is 17.5 Å². The van der Waals surface area contributed by atoms with Gasteiger partial charge in [0.2, 0.25) is 11.9 Å². The lowest BCUT2D eigenvalue weighted by Gasteiger charge is -2.38. The maximum absolute atomic E-state index is 13.1. The van der Waals surface area contributed by atoms with E-state index in [-0.39, 0.29) is 24.0 Å². The highest BCUT2D eigenvalue weighted by molar-refractivity contribution is 5.80. The van der Waals surface area contributed by atoms with Crippen LogP contribution < -0.4 is 10.2 Å². The highest BCUT2D eigenvalue weighted by Gasteiger charge is 2.33. The van der Waals surface area contributed by atoms with E-state index in [9.17, 15) is 9.59 Å². The molecule has 0 aromatic carbocycles. The van der Waals surface area contributed by atoms with Gasteiger partial charge in [-0.25, -0.2) is 14.8 Å². The van der Waals surface area contributed by atoms with Gasteiger partial charge in [-0.05, 0) is 66.4 Å². The fourth-order valence-electron chi connectivity index (χ4n) is 4.19. The average molecular weight is 418 g/mol. The molecule has 0 aliphatic carbocycles. The number of amides is 2. The first-order chi connectivity index (χ1) is 14.1. The van der Waals surface area contributed by atoms with Gasteiger partial charge >= 0.3 is 6.09 Å². The zero-order valence-electron chi connectivity index (χ0n) is 18.9. The van der Waals surface area contributed by atoms with E-state index in [1.165, 1.54) is 0 Å². The highest BCUT2D eigenvalue weighted by atomic mass is 16.6. The summed E-state index contributed by atoms with van der Waals surface area (Å²) < 4.78 is 5.33. The molecule has 2 aliphatic heterocycles. The Kier molecular flexibility index (Phi) is 6.83. The predicted octanol–water partition coefficient (Wildman–Crippen LogP) is 2.83. The number of hydrogen-bond acceptors (Lipinski definition) is 6. The molecule has 0 radical (unpaired) electrons. The van der Waals surface area contributed by atoms with Crippen molar-refractivity contribution in [3.63, 3.8) is 0 Å². The summed E-state index contributed by atoms with van der Waals surface area (Å²) in [6.07, 6.45) is 2.98. The summed E-state index contributed by atoms with van der Waals surface area (Å²) in [6, 6.07) is 2.02. The molecule has 3 rings (SSSR count). The minimum atomic E-state index is -0.507. The molecule has 1 N–H and O–H groups in total. The van der Waals surface area contributed by atoms with E-state index in [1.54, 1.807) is 0 Å². The van der Waals surface area contributed by atoms with Gasteiger partial charge in [-0.3, -0.25) is 4.79 Å². The summed E-state index contributed by atoms with van der Waals surface area (Å²) in [5.74, 6) is 0.906. The molecule has 2 fully saturated rings. The maximum Gasteiger partial charge on any atom is 0.407 e. The van der Waals surface area contributed by atoms with Crippen molar-refractivity contribution in [1.29, 1.82) is 0 Å². The van der Waals surface area contributed by atoms with E-state index in [0.29, 0.717) is 19.6 Å². The standard InChI is InChI=1S/C22H35N5O3/c1-15-13-16(2)24-20(23-15)27-10-6-7-17(14-27)19(28)26-11-8-18(9-12-26)25-21(29)30-22(3,4)5/h13,17-18H,6-12,14H2,1-5H3,(H,25,29). The van der Waals surface area contributed by atoms with Gasteiger partial charge in [-0.1, -0.05) is 0 Å². The van der Waals surface area contributed by atoms with Crippen LogP contribution in [-0.2, 0) is 9.53 Å². The lowest BCUT2D eigenvalue weighted by molar-refractivity contribution is -0.136. The van der Waals surface area contributed by atoms with Crippen LogP contribution in [0.25, 0.3) is 0 Å². The molecule has 0 spiro atoms. The molecular formula is C22H35N5O3. The maximum atomic E-state index is 13.1. The number of aryl methyl sites for hydroxylation is 2. The van der Waals surface area contributed by atoms with Gasteiger partial charge in [0.15, 0.2) is 0 Å². The lowest BCUT2D eigenvalue weighted by Crippen LogP contribution is -2.51. The van der Waals surface area contributed by atoms with Gasteiger partial charge in [0.25, 0.3) is 0 Å². The molecule has 8 heteroatoms. The molecule has 1 unspecified atom stereocenters. The monoisotopic (exact) mass is 417 g/mol. The molecule has 2 amide bonds. The number of aromatic nitrogens is 2. The van der Waals surface area contributed by atoms with Gasteiger partial charge in [-0.15, -0.1) is 0 Å². The van der Waals surface area contributed by atoms with Gasteiger partial charge in [-0.2, -0.15) is 0 Å². The number of alkyl carbamates (subject to hydrolysis) is 1. The number of nitrogens with zero attached hydrogens (tertiary/aromatic N) is 4. The molecule has 1 aromatic rings. The first-order valence-electron chi connectivity index (χ1n) is 11.0. The van der Waals surface area contributed by atoms with Crippen LogP contribution in [-0.4, -0.2) is 64.7 Å². The third-order valence-corrected chi connectivity index (χ3v) is 5.55. The number of ether oxygens (including phenoxy) is 1. The average Bonchev–Trinajstić information content (AvgIpc) is 2.66. The van der Waals surface area contributed by atoms with Crippen molar-refractivity contribution in [2.45, 2.75) is 71.9 Å². The molecule has 1 aromatic heterocycles. The summed E-state index contributed by atoms with van der Waals surface area (Å²) in [4.78, 5) is 38.3. The Morgan fingerprint density at radius 3 is 2.30 bits per heavy atom. The molecule has 2 aliphatic rings. The number of carbonyl (C=O) groups excluding carboxylic acids is 2. The summed E-state index contributed by atoms with van der Waals surface area (Å²) >= 11 is 0. The van der Waals surface area contributed by atoms with Crippen molar-refractivity contribution in [2.24, 2.45) is 5.92 Å². The minimum absolute atomic E-state index is 0.0291. The number of anilines is 1. The second kappa shape index (κ2) is 9.18. The quantitative estimate of drug-likeness (QED) is 0.814. The molecule has 2 saturated heterocycles. The van der Waals surface area contributed by atoms with E-state index in [4.69, 9.17) is 4.74 Å². The van der Waals surface area contributed by atoms with Crippen molar-refractivity contribution in [1.82, 2.24) is 20.2 Å². The smallest absolute Gasteiger partial charge is 0.407 e. The Labute approximate surface area is 179 Å². The molecule has 30 heavy (non-hydrogen) atoms. The van der Waals surface area contributed by atoms with E-state index in [0.717, 1.165) is 49.6 Å². The van der Waals surface area contributed by atoms with Crippen LogP contribution in [0.15, 0.2) is 6.07 Å². The second-order valence-electron chi connectivity index (χ2n) is 9.48. The Balaban J connectivity index is 1.51. The molecule has 0 saturated carbocycles. The first-order valence-corrected chi connectivity index (χ1v) is 11.0. The zero-order chi connectivity index (χ0) is 21.9. The van der Waals surface area contributed by atoms with Crippen LogP contribution in [0.4, 0.5) is 10.7 Å². The van der Waals surface area contributed by atoms with Crippen LogP contribution in [0.2, 0.25) is 0 Å². The van der Waals surface area contributed by atoms with Crippen molar-refractivity contribution >= 4 is 17.9 Å². The molecule has 3 heterocycles. The summed E-state index contributed by atoms with van der Waals surface area (Å²) in [6.45, 7) is 12.4. The second-order valence-corrected chi connectivity index (χ2v) is 9.48. The number of rotatable bonds is 3. The van der Waals surface area contributed by atoms with Crippen LogP contribution in [0.1, 0.15) is 57.8 Å². The van der Waals surface area contributed by atoms with Gasteiger partial charge in [0.1, 0.15) is 5.60 Å². The topological polar surface area (TPSA) is 87.7 Å². The number of hydrogen-bond donors (Lipinski definition) is 1. The van der Waals surface area contributed by atoms with Crippen LogP contribution in [0, 0.1) is 19.8 Å². The number of nitrogens with one attached hydrogen (secondary N) is 1. The summed E-state index contributed by atoms with van der Waals surface area (Å²) in [5, 5.41) is 2.93. The predicted molar refractivity (Wildman–Crippen MR) is 115 cm³/mol. The van der Waals surface area contributed by atoms with Crippen LogP contribution in [0.5, 0.6) is 0 Å². The Morgan fingerprint density at radius 2 is 1.70 bits per heavy atom. The lowest BCUT2D eigenvalue weighted by atomic mass is 9.95. The van der Waals surface area contributed by atoms with Crippen molar-refractivity contribution in [2.75, 3.05) is 31.1 Å². The molecule has 0 bridgehead atoms. The minimum Gasteiger partial charge on any atom is -0.444 e. The van der Waals surface area contributed by atoms with E-state index in [1.807, 2.05) is 45.6 Å². The van der Waals surface area contributed by atoms with Crippen molar-refractivity contribution in [3.8, 4) is 0 Å². The molecule has 1 atom stereocenters. The Morgan fingerprint density at radius 1 is 1.07 bits per heavy atom. The number of carbonyl (C=O) groups is 2. The van der Waals surface area contributed by atoms with Gasteiger partial charge in [0.05, 0.1) is 5.92 Å². The molecular weight excluding hydrogens is 382 g/mol.